The molecule has 0 saturated heterocycles. The van der Waals surface area contributed by atoms with Crippen LogP contribution in [-0.4, -0.2) is 53.9 Å². The highest BCUT2D eigenvalue weighted by molar-refractivity contribution is 5.87. The largest absolute Gasteiger partial charge is 0.492 e. The van der Waals surface area contributed by atoms with Crippen molar-refractivity contribution in [2.45, 2.75) is 19.4 Å². The third-order valence-electron chi connectivity index (χ3n) is 2.77. The van der Waals surface area contributed by atoms with E-state index >= 15 is 0 Å². The monoisotopic (exact) mass is 267 g/mol. The van der Waals surface area contributed by atoms with Crippen LogP contribution < -0.4 is 4.74 Å². The molecule has 5 heteroatoms. The maximum absolute atomic E-state index is 10.7. The zero-order valence-electron chi connectivity index (χ0n) is 11.4. The van der Waals surface area contributed by atoms with E-state index in [1.165, 1.54) is 12.1 Å². The van der Waals surface area contributed by atoms with E-state index in [9.17, 15) is 4.79 Å². The molecule has 0 aliphatic rings. The minimum Gasteiger partial charge on any atom is -0.492 e. The van der Waals surface area contributed by atoms with Crippen molar-refractivity contribution in [1.82, 2.24) is 4.90 Å². The number of hydrogen-bond donors (Lipinski definition) is 2. The standard InChI is InChI=1S/C14H21NO4/c1-11(16)7-8-15(2)9-10-19-13-5-3-12(4-6-13)14(17)18/h3-6,11,16H,7-10H2,1-2H3,(H,17,18). The zero-order chi connectivity index (χ0) is 14.3. The summed E-state index contributed by atoms with van der Waals surface area (Å²) >= 11 is 0. The van der Waals surface area contributed by atoms with Gasteiger partial charge in [0.15, 0.2) is 0 Å². The molecule has 1 aromatic rings. The first-order valence-electron chi connectivity index (χ1n) is 6.32. The van der Waals surface area contributed by atoms with E-state index in [2.05, 4.69) is 4.90 Å². The fraction of sp³-hybridized carbons (Fsp3) is 0.500. The van der Waals surface area contributed by atoms with Gasteiger partial charge in [-0.15, -0.1) is 0 Å². The van der Waals surface area contributed by atoms with Gasteiger partial charge in [-0.2, -0.15) is 0 Å². The highest BCUT2D eigenvalue weighted by Gasteiger charge is 2.04. The Morgan fingerprint density at radius 3 is 2.47 bits per heavy atom. The van der Waals surface area contributed by atoms with Crippen LogP contribution in [0.15, 0.2) is 24.3 Å². The van der Waals surface area contributed by atoms with Crippen molar-refractivity contribution in [3.63, 3.8) is 0 Å². The highest BCUT2D eigenvalue weighted by atomic mass is 16.5. The number of aliphatic hydroxyl groups is 1. The van der Waals surface area contributed by atoms with E-state index in [0.717, 1.165) is 19.5 Å². The molecule has 0 saturated carbocycles. The number of aliphatic hydroxyl groups excluding tert-OH is 1. The SMILES string of the molecule is CC(O)CCN(C)CCOc1ccc(C(=O)O)cc1. The second-order valence-corrected chi connectivity index (χ2v) is 4.62. The van der Waals surface area contributed by atoms with Gasteiger partial charge in [0.05, 0.1) is 11.7 Å². The Hall–Kier alpha value is -1.59. The molecule has 2 N–H and O–H groups in total. The van der Waals surface area contributed by atoms with Crippen LogP contribution >= 0.6 is 0 Å². The van der Waals surface area contributed by atoms with Crippen LogP contribution in [0.25, 0.3) is 0 Å². The Morgan fingerprint density at radius 2 is 1.95 bits per heavy atom. The molecule has 0 fully saturated rings. The summed E-state index contributed by atoms with van der Waals surface area (Å²) in [7, 11) is 1.97. The molecular weight excluding hydrogens is 246 g/mol. The van der Waals surface area contributed by atoms with Crippen LogP contribution in [0, 0.1) is 0 Å². The predicted molar refractivity (Wildman–Crippen MR) is 72.7 cm³/mol. The second-order valence-electron chi connectivity index (χ2n) is 4.62. The number of carboxylic acids is 1. The first kappa shape index (κ1) is 15.5. The first-order chi connectivity index (χ1) is 8.99. The molecule has 0 spiro atoms. The molecule has 0 bridgehead atoms. The minimum absolute atomic E-state index is 0.251. The van der Waals surface area contributed by atoms with Crippen molar-refractivity contribution in [3.05, 3.63) is 29.8 Å². The van der Waals surface area contributed by atoms with Crippen LogP contribution in [0.4, 0.5) is 0 Å². The number of carboxylic acid groups (broad SMARTS) is 1. The van der Waals surface area contributed by atoms with Crippen molar-refractivity contribution in [2.75, 3.05) is 26.7 Å². The maximum atomic E-state index is 10.7. The Labute approximate surface area is 113 Å². The third-order valence-corrected chi connectivity index (χ3v) is 2.77. The Balaban J connectivity index is 2.27. The average Bonchev–Trinajstić information content (AvgIpc) is 2.37. The lowest BCUT2D eigenvalue weighted by molar-refractivity contribution is 0.0697. The molecule has 0 aliphatic carbocycles. The van der Waals surface area contributed by atoms with Gasteiger partial charge in [-0.3, -0.25) is 0 Å². The zero-order valence-corrected chi connectivity index (χ0v) is 11.4. The first-order valence-corrected chi connectivity index (χ1v) is 6.32. The minimum atomic E-state index is -0.940. The van der Waals surface area contributed by atoms with Crippen molar-refractivity contribution >= 4 is 5.97 Å². The van der Waals surface area contributed by atoms with Gasteiger partial charge in [-0.1, -0.05) is 0 Å². The number of nitrogens with zero attached hydrogens (tertiary/aromatic N) is 1. The Bertz CT molecular complexity index is 389. The molecule has 1 aromatic carbocycles. The number of carbonyl (C=O) groups is 1. The molecule has 0 radical (unpaired) electrons. The van der Waals surface area contributed by atoms with Gasteiger partial charge in [-0.05, 0) is 44.7 Å². The lowest BCUT2D eigenvalue weighted by Gasteiger charge is -2.17. The summed E-state index contributed by atoms with van der Waals surface area (Å²) in [4.78, 5) is 12.8. The van der Waals surface area contributed by atoms with Crippen molar-refractivity contribution in [2.24, 2.45) is 0 Å². The van der Waals surface area contributed by atoms with E-state index in [4.69, 9.17) is 14.9 Å². The molecule has 1 unspecified atom stereocenters. The molecule has 0 aromatic heterocycles. The molecule has 106 valence electrons. The predicted octanol–water partition coefficient (Wildman–Crippen LogP) is 1.47. The van der Waals surface area contributed by atoms with E-state index in [-0.39, 0.29) is 11.7 Å². The molecule has 0 aliphatic heterocycles. The number of hydrogen-bond acceptors (Lipinski definition) is 4. The topological polar surface area (TPSA) is 70.0 Å². The van der Waals surface area contributed by atoms with Gasteiger partial charge in [-0.25, -0.2) is 4.79 Å². The average molecular weight is 267 g/mol. The van der Waals surface area contributed by atoms with Crippen LogP contribution in [0.1, 0.15) is 23.7 Å². The number of rotatable bonds is 8. The van der Waals surface area contributed by atoms with E-state index in [0.29, 0.717) is 12.4 Å². The van der Waals surface area contributed by atoms with E-state index in [1.807, 2.05) is 7.05 Å². The molecule has 1 atom stereocenters. The fourth-order valence-electron chi connectivity index (χ4n) is 1.53. The summed E-state index contributed by atoms with van der Waals surface area (Å²) in [5.74, 6) is -0.279. The van der Waals surface area contributed by atoms with E-state index < -0.39 is 5.97 Å². The summed E-state index contributed by atoms with van der Waals surface area (Å²) < 4.78 is 5.52. The lowest BCUT2D eigenvalue weighted by atomic mass is 10.2. The van der Waals surface area contributed by atoms with Gasteiger partial charge in [0.2, 0.25) is 0 Å². The third kappa shape index (κ3) is 6.22. The summed E-state index contributed by atoms with van der Waals surface area (Å²) in [6.07, 6.45) is 0.455. The van der Waals surface area contributed by atoms with Gasteiger partial charge < -0.3 is 19.8 Å². The van der Waals surface area contributed by atoms with Gasteiger partial charge in [0.25, 0.3) is 0 Å². The highest BCUT2D eigenvalue weighted by Crippen LogP contribution is 2.12. The van der Waals surface area contributed by atoms with Crippen molar-refractivity contribution < 1.29 is 19.7 Å². The van der Waals surface area contributed by atoms with Crippen molar-refractivity contribution in [3.8, 4) is 5.75 Å². The second kappa shape index (κ2) is 7.76. The summed E-state index contributed by atoms with van der Waals surface area (Å²) in [5.41, 5.74) is 0.251. The summed E-state index contributed by atoms with van der Waals surface area (Å²) in [5, 5.41) is 17.9. The van der Waals surface area contributed by atoms with Gasteiger partial charge in [0.1, 0.15) is 12.4 Å². The Kier molecular flexibility index (Phi) is 6.32. The normalized spacial score (nSPS) is 12.4. The molecule has 0 heterocycles. The van der Waals surface area contributed by atoms with E-state index in [1.54, 1.807) is 19.1 Å². The Morgan fingerprint density at radius 1 is 1.32 bits per heavy atom. The van der Waals surface area contributed by atoms with Crippen LogP contribution in [-0.2, 0) is 0 Å². The smallest absolute Gasteiger partial charge is 0.335 e. The number of aromatic carboxylic acids is 1. The van der Waals surface area contributed by atoms with Crippen LogP contribution in [0.5, 0.6) is 5.75 Å². The molecule has 1 rings (SSSR count). The van der Waals surface area contributed by atoms with Gasteiger partial charge in [0, 0.05) is 13.1 Å². The molecular formula is C14H21NO4. The number of benzene rings is 1. The number of ether oxygens (including phenoxy) is 1. The van der Waals surface area contributed by atoms with Crippen LogP contribution in [0.3, 0.4) is 0 Å². The fourth-order valence-corrected chi connectivity index (χ4v) is 1.53. The maximum Gasteiger partial charge on any atom is 0.335 e. The molecule has 5 nitrogen and oxygen atoms in total. The molecule has 19 heavy (non-hydrogen) atoms. The van der Waals surface area contributed by atoms with Crippen LogP contribution in [0.2, 0.25) is 0 Å². The molecule has 0 amide bonds. The number of likely N-dealkylation sites (N-methyl/N-ethyl adjacent to an activating group) is 1. The summed E-state index contributed by atoms with van der Waals surface area (Å²) in [6, 6.07) is 6.35. The lowest BCUT2D eigenvalue weighted by Crippen LogP contribution is -2.27. The quantitative estimate of drug-likeness (QED) is 0.746. The van der Waals surface area contributed by atoms with Crippen molar-refractivity contribution in [1.29, 1.82) is 0 Å². The summed E-state index contributed by atoms with van der Waals surface area (Å²) in [6.45, 7) is 3.88. The van der Waals surface area contributed by atoms with Gasteiger partial charge >= 0.3 is 5.97 Å².